The molecule has 31 heavy (non-hydrogen) atoms. The number of carbonyl (C=O) groups excluding carboxylic acids is 3. The summed E-state index contributed by atoms with van der Waals surface area (Å²) in [6, 6.07) is 1.83. The first kappa shape index (κ1) is 26.0. The van der Waals surface area contributed by atoms with Crippen LogP contribution in [0.2, 0.25) is 0 Å². The number of hydrogen-bond acceptors (Lipinski definition) is 12. The number of carbonyl (C=O) groups is 3. The summed E-state index contributed by atoms with van der Waals surface area (Å²) in [6.45, 7) is 0. The number of rotatable bonds is 8. The number of β-lactam (4-membered cyclic amide) rings is 1. The van der Waals surface area contributed by atoms with Gasteiger partial charge in [-0.15, -0.1) is 28.6 Å². The van der Waals surface area contributed by atoms with Crippen molar-refractivity contribution < 1.29 is 53.8 Å². The summed E-state index contributed by atoms with van der Waals surface area (Å²) in [5.74, 6) is -2.43. The summed E-state index contributed by atoms with van der Waals surface area (Å²) in [7, 11) is 2.89. The van der Waals surface area contributed by atoms with Crippen LogP contribution in [0.4, 0.5) is 0 Å². The Hall–Kier alpha value is -1.28. The third kappa shape index (κ3) is 4.61. The molecule has 2 aliphatic heterocycles. The molecule has 0 spiro atoms. The molecular formula is C15H16N7NaO5S3. The molecular weight excluding hydrogens is 477 g/mol. The maximum atomic E-state index is 12.9. The quantitative estimate of drug-likeness (QED) is 0.159. The van der Waals surface area contributed by atoms with Crippen LogP contribution >= 0.6 is 35.3 Å². The molecule has 3 heterocycles. The van der Waals surface area contributed by atoms with E-state index >= 15 is 0 Å². The Morgan fingerprint density at radius 2 is 2.26 bits per heavy atom. The van der Waals surface area contributed by atoms with E-state index in [1.165, 1.54) is 35.3 Å². The van der Waals surface area contributed by atoms with Gasteiger partial charge >= 0.3 is 29.6 Å². The fourth-order valence-corrected chi connectivity index (χ4v) is 5.81. The number of ether oxygens (including phenoxy) is 1. The van der Waals surface area contributed by atoms with Gasteiger partial charge in [-0.3, -0.25) is 14.5 Å². The van der Waals surface area contributed by atoms with Crippen molar-refractivity contribution >= 4 is 53.1 Å². The smallest absolute Gasteiger partial charge is 0.543 e. The average Bonchev–Trinajstić information content (AvgIpc) is 3.14. The number of carboxylic acid groups (broad SMARTS) is 1. The van der Waals surface area contributed by atoms with Crippen LogP contribution in [0.3, 0.4) is 0 Å². The Kier molecular flexibility index (Phi) is 8.85. The van der Waals surface area contributed by atoms with Crippen LogP contribution in [0, 0.1) is 11.3 Å². The molecule has 2 amide bonds. The number of amides is 2. The van der Waals surface area contributed by atoms with Gasteiger partial charge in [-0.25, -0.2) is 4.68 Å². The van der Waals surface area contributed by atoms with Crippen molar-refractivity contribution in [2.24, 2.45) is 7.05 Å². The van der Waals surface area contributed by atoms with E-state index in [-0.39, 0.29) is 46.8 Å². The number of methoxy groups -OCH3 is 1. The van der Waals surface area contributed by atoms with Crippen molar-refractivity contribution in [3.8, 4) is 6.07 Å². The SMILES string of the molecule is CO[C@@]1(NC(=O)C(C#N)SC)C(=O)N2C(C(=O)[O-])=C(CSc3nnnn3C)CS[C@H]21.[Na+]. The van der Waals surface area contributed by atoms with Gasteiger partial charge in [0, 0.05) is 25.7 Å². The maximum absolute atomic E-state index is 12.9. The predicted octanol–water partition coefficient (Wildman–Crippen LogP) is -5.06. The Morgan fingerprint density at radius 3 is 2.77 bits per heavy atom. The number of thioether (sulfide) groups is 3. The number of aliphatic carboxylic acids is 1. The Morgan fingerprint density at radius 1 is 1.55 bits per heavy atom. The van der Waals surface area contributed by atoms with Gasteiger partial charge in [-0.2, -0.15) is 5.26 Å². The molecule has 1 aromatic heterocycles. The first-order valence-electron chi connectivity index (χ1n) is 8.34. The van der Waals surface area contributed by atoms with Gasteiger partial charge in [0.25, 0.3) is 11.6 Å². The Bertz CT molecular complexity index is 967. The molecule has 1 unspecified atom stereocenters. The van der Waals surface area contributed by atoms with Crippen LogP contribution < -0.4 is 40.0 Å². The fraction of sp³-hybridized carbons (Fsp3) is 0.533. The van der Waals surface area contributed by atoms with E-state index in [0.717, 1.165) is 16.7 Å². The second kappa shape index (κ2) is 10.6. The first-order chi connectivity index (χ1) is 14.3. The van der Waals surface area contributed by atoms with Crippen molar-refractivity contribution in [1.82, 2.24) is 30.4 Å². The zero-order valence-electron chi connectivity index (χ0n) is 17.0. The number of hydrogen-bond donors (Lipinski definition) is 1. The fourth-order valence-electron chi connectivity index (χ4n) is 3.00. The van der Waals surface area contributed by atoms with Gasteiger partial charge in [0.2, 0.25) is 11.1 Å². The maximum Gasteiger partial charge on any atom is 1.00 e. The molecule has 0 aliphatic carbocycles. The summed E-state index contributed by atoms with van der Waals surface area (Å²) in [6.07, 6.45) is 1.59. The number of nitrogens with one attached hydrogen (secondary N) is 1. The zero-order chi connectivity index (χ0) is 22.1. The van der Waals surface area contributed by atoms with Crippen LogP contribution in [-0.2, 0) is 26.2 Å². The van der Waals surface area contributed by atoms with Crippen molar-refractivity contribution in [3.05, 3.63) is 11.3 Å². The van der Waals surface area contributed by atoms with Crippen molar-refractivity contribution in [2.45, 2.75) is 21.5 Å². The molecule has 0 bridgehead atoms. The van der Waals surface area contributed by atoms with Gasteiger partial charge in [0.15, 0.2) is 5.25 Å². The van der Waals surface area contributed by atoms with Crippen LogP contribution in [0.15, 0.2) is 16.4 Å². The summed E-state index contributed by atoms with van der Waals surface area (Å²) in [5, 5.41) is 33.1. The van der Waals surface area contributed by atoms with Crippen LogP contribution in [-0.4, -0.2) is 84.1 Å². The van der Waals surface area contributed by atoms with Gasteiger partial charge < -0.3 is 20.0 Å². The molecule has 1 fully saturated rings. The van der Waals surface area contributed by atoms with Gasteiger partial charge in [-0.05, 0) is 22.3 Å². The molecule has 1 saturated heterocycles. The minimum Gasteiger partial charge on any atom is -0.543 e. The molecule has 16 heteroatoms. The van der Waals surface area contributed by atoms with Gasteiger partial charge in [-0.1, -0.05) is 11.8 Å². The van der Waals surface area contributed by atoms with E-state index in [1.807, 2.05) is 6.07 Å². The summed E-state index contributed by atoms with van der Waals surface area (Å²) in [5.41, 5.74) is -1.54. The molecule has 0 aromatic carbocycles. The van der Waals surface area contributed by atoms with E-state index in [2.05, 4.69) is 20.8 Å². The second-order valence-corrected chi connectivity index (χ2v) is 9.08. The molecule has 160 valence electrons. The number of carboxylic acids is 1. The molecule has 0 radical (unpaired) electrons. The molecule has 3 atom stereocenters. The normalized spacial score (nSPS) is 23.2. The van der Waals surface area contributed by atoms with Gasteiger partial charge in [0.05, 0.1) is 17.7 Å². The summed E-state index contributed by atoms with van der Waals surface area (Å²) >= 11 is 3.48. The molecule has 2 aliphatic rings. The zero-order valence-corrected chi connectivity index (χ0v) is 21.5. The van der Waals surface area contributed by atoms with Crippen molar-refractivity contribution in [2.75, 3.05) is 24.9 Å². The Balaban J connectivity index is 0.00000341. The summed E-state index contributed by atoms with van der Waals surface area (Å²) < 4.78 is 6.77. The predicted molar refractivity (Wildman–Crippen MR) is 105 cm³/mol. The van der Waals surface area contributed by atoms with E-state index in [4.69, 9.17) is 10.00 Å². The minimum atomic E-state index is -1.75. The first-order valence-corrected chi connectivity index (χ1v) is 11.7. The standard InChI is InChI=1S/C15H17N7O5S3.Na/c1-21-14(18-19-20-21)30-6-7-5-29-13-15(27-2,17-10(23)8(4-16)28-3)12(26)22(13)9(7)11(24)25;/h8,13H,5-6H2,1-3H3,(H,17,23)(H,24,25);/q;+1/p-1/t8?,13-,15-;/m0./s1. The number of aromatic nitrogens is 4. The monoisotopic (exact) mass is 493 g/mol. The summed E-state index contributed by atoms with van der Waals surface area (Å²) in [4.78, 5) is 38.2. The molecule has 3 rings (SSSR count). The largest absolute Gasteiger partial charge is 1.00 e. The van der Waals surface area contributed by atoms with E-state index < -0.39 is 34.1 Å². The van der Waals surface area contributed by atoms with Crippen LogP contribution in [0.25, 0.3) is 0 Å². The topological polar surface area (TPSA) is 166 Å². The number of nitriles is 1. The van der Waals surface area contributed by atoms with Crippen molar-refractivity contribution in [3.63, 3.8) is 0 Å². The molecule has 1 N–H and O–H groups in total. The average molecular weight is 494 g/mol. The molecule has 12 nitrogen and oxygen atoms in total. The van der Waals surface area contributed by atoms with E-state index in [9.17, 15) is 19.5 Å². The minimum absolute atomic E-state index is 0. The number of aryl methyl sites for hydroxylation is 1. The molecule has 1 aromatic rings. The van der Waals surface area contributed by atoms with Gasteiger partial charge in [0.1, 0.15) is 5.37 Å². The third-order valence-corrected chi connectivity index (χ3v) is 7.74. The number of fused-ring (bicyclic) bond motifs is 1. The van der Waals surface area contributed by atoms with Crippen LogP contribution in [0.1, 0.15) is 0 Å². The van der Waals surface area contributed by atoms with Crippen molar-refractivity contribution in [1.29, 1.82) is 5.26 Å². The number of nitrogens with zero attached hydrogens (tertiary/aromatic N) is 6. The molecule has 0 saturated carbocycles. The van der Waals surface area contributed by atoms with E-state index in [0.29, 0.717) is 10.7 Å². The Labute approximate surface area is 212 Å². The van der Waals surface area contributed by atoms with E-state index in [1.54, 1.807) is 13.3 Å². The third-order valence-electron chi connectivity index (χ3n) is 4.48. The van der Waals surface area contributed by atoms with Crippen LogP contribution in [0.5, 0.6) is 0 Å². The number of tetrazole rings is 1. The second-order valence-electron chi connectivity index (χ2n) is 6.13.